The fourth-order valence-corrected chi connectivity index (χ4v) is 1.20. The van der Waals surface area contributed by atoms with Crippen molar-refractivity contribution in [2.75, 3.05) is 13.7 Å². The van der Waals surface area contributed by atoms with Gasteiger partial charge in [-0.15, -0.1) is 0 Å². The summed E-state index contributed by atoms with van der Waals surface area (Å²) in [5.74, 6) is -0.940. The minimum Gasteiger partial charge on any atom is -0.496 e. The number of methoxy groups -OCH3 is 1. The first kappa shape index (κ1) is 11.5. The van der Waals surface area contributed by atoms with Crippen LogP contribution in [-0.4, -0.2) is 35.0 Å². The molecule has 5 heteroatoms. The molecule has 0 bridgehead atoms. The highest BCUT2D eigenvalue weighted by atomic mass is 16.5. The molecule has 0 aliphatic rings. The lowest BCUT2D eigenvalue weighted by Crippen LogP contribution is -2.05. The molecular formula is C10H12O5. The average molecular weight is 212 g/mol. The first-order valence-electron chi connectivity index (χ1n) is 4.30. The van der Waals surface area contributed by atoms with Gasteiger partial charge < -0.3 is 20.1 Å². The van der Waals surface area contributed by atoms with Gasteiger partial charge in [-0.1, -0.05) is 6.07 Å². The topological polar surface area (TPSA) is 87.0 Å². The van der Waals surface area contributed by atoms with Crippen LogP contribution in [0.15, 0.2) is 18.2 Å². The third kappa shape index (κ3) is 2.45. The molecule has 1 aromatic rings. The van der Waals surface area contributed by atoms with E-state index in [4.69, 9.17) is 14.9 Å². The van der Waals surface area contributed by atoms with Crippen LogP contribution in [0, 0.1) is 0 Å². The second-order valence-corrected chi connectivity index (χ2v) is 2.96. The highest BCUT2D eigenvalue weighted by Gasteiger charge is 2.14. The Morgan fingerprint density at radius 2 is 2.20 bits per heavy atom. The van der Waals surface area contributed by atoms with Crippen LogP contribution in [0.1, 0.15) is 22.0 Å². The van der Waals surface area contributed by atoms with Crippen molar-refractivity contribution < 1.29 is 24.9 Å². The Morgan fingerprint density at radius 1 is 1.53 bits per heavy atom. The predicted molar refractivity (Wildman–Crippen MR) is 52.0 cm³/mol. The number of carboxylic acids is 1. The number of ether oxygens (including phenoxy) is 1. The number of carbonyl (C=O) groups is 1. The van der Waals surface area contributed by atoms with E-state index in [0.29, 0.717) is 5.56 Å². The highest BCUT2D eigenvalue weighted by Crippen LogP contribution is 2.23. The number of aliphatic hydroxyl groups excluding tert-OH is 2. The number of hydrogen-bond donors (Lipinski definition) is 3. The Labute approximate surface area is 86.5 Å². The molecule has 3 N–H and O–H groups in total. The van der Waals surface area contributed by atoms with Gasteiger partial charge in [-0.05, 0) is 17.7 Å². The van der Waals surface area contributed by atoms with E-state index in [0.717, 1.165) is 0 Å². The molecule has 0 fully saturated rings. The van der Waals surface area contributed by atoms with E-state index in [9.17, 15) is 9.90 Å². The summed E-state index contributed by atoms with van der Waals surface area (Å²) >= 11 is 0. The molecule has 0 amide bonds. The Hall–Kier alpha value is -1.59. The van der Waals surface area contributed by atoms with Gasteiger partial charge in [0.2, 0.25) is 0 Å². The van der Waals surface area contributed by atoms with E-state index >= 15 is 0 Å². The van der Waals surface area contributed by atoms with E-state index in [-0.39, 0.29) is 11.3 Å². The maximum atomic E-state index is 10.7. The average Bonchev–Trinajstić information content (AvgIpc) is 2.26. The standard InChI is InChI=1S/C10H12O5/c1-15-9-4-6(8(12)5-11)2-3-7(9)10(13)14/h2-4,8,11-12H,5H2,1H3,(H,13,14)/t8-/m0/s1. The summed E-state index contributed by atoms with van der Waals surface area (Å²) in [6.45, 7) is -0.421. The third-order valence-electron chi connectivity index (χ3n) is 2.01. The number of hydrogen-bond acceptors (Lipinski definition) is 4. The molecular weight excluding hydrogens is 200 g/mol. The predicted octanol–water partition coefficient (Wildman–Crippen LogP) is 0.419. The van der Waals surface area contributed by atoms with Crippen molar-refractivity contribution in [1.82, 2.24) is 0 Å². The van der Waals surface area contributed by atoms with Crippen molar-refractivity contribution in [3.05, 3.63) is 29.3 Å². The van der Waals surface area contributed by atoms with E-state index in [1.54, 1.807) is 0 Å². The van der Waals surface area contributed by atoms with Gasteiger partial charge >= 0.3 is 5.97 Å². The molecule has 0 unspecified atom stereocenters. The quantitative estimate of drug-likeness (QED) is 0.673. The normalized spacial score (nSPS) is 12.2. The van der Waals surface area contributed by atoms with Crippen molar-refractivity contribution in [3.8, 4) is 5.75 Å². The van der Waals surface area contributed by atoms with Gasteiger partial charge in [0.25, 0.3) is 0 Å². The molecule has 1 atom stereocenters. The van der Waals surface area contributed by atoms with Crippen LogP contribution in [0.5, 0.6) is 5.75 Å². The van der Waals surface area contributed by atoms with E-state index in [2.05, 4.69) is 0 Å². The molecule has 1 aromatic carbocycles. The SMILES string of the molecule is COc1cc([C@@H](O)CO)ccc1C(=O)O. The van der Waals surface area contributed by atoms with Crippen molar-refractivity contribution >= 4 is 5.97 Å². The molecule has 1 rings (SSSR count). The van der Waals surface area contributed by atoms with Crippen LogP contribution in [-0.2, 0) is 0 Å². The smallest absolute Gasteiger partial charge is 0.339 e. The second kappa shape index (κ2) is 4.77. The van der Waals surface area contributed by atoms with Crippen molar-refractivity contribution in [2.45, 2.75) is 6.10 Å². The molecule has 0 radical (unpaired) electrons. The lowest BCUT2D eigenvalue weighted by molar-refractivity contribution is 0.0692. The third-order valence-corrected chi connectivity index (χ3v) is 2.01. The molecule has 0 aliphatic heterocycles. The molecule has 0 aliphatic carbocycles. The Bertz CT molecular complexity index is 361. The number of rotatable bonds is 4. The first-order valence-corrected chi connectivity index (χ1v) is 4.30. The molecule has 0 saturated heterocycles. The maximum Gasteiger partial charge on any atom is 0.339 e. The zero-order chi connectivity index (χ0) is 11.4. The fourth-order valence-electron chi connectivity index (χ4n) is 1.20. The monoisotopic (exact) mass is 212 g/mol. The van der Waals surface area contributed by atoms with Crippen molar-refractivity contribution in [1.29, 1.82) is 0 Å². The summed E-state index contributed by atoms with van der Waals surface area (Å²) in [5.41, 5.74) is 0.436. The van der Waals surface area contributed by atoms with E-state index in [1.807, 2.05) is 0 Å². The van der Waals surface area contributed by atoms with Gasteiger partial charge in [-0.3, -0.25) is 0 Å². The molecule has 0 saturated carbocycles. The van der Waals surface area contributed by atoms with Crippen LogP contribution < -0.4 is 4.74 Å². The van der Waals surface area contributed by atoms with Crippen molar-refractivity contribution in [3.63, 3.8) is 0 Å². The summed E-state index contributed by atoms with van der Waals surface area (Å²) in [5, 5.41) is 26.8. The van der Waals surface area contributed by atoms with Gasteiger partial charge in [0.1, 0.15) is 17.4 Å². The molecule has 5 nitrogen and oxygen atoms in total. The summed E-state index contributed by atoms with van der Waals surface area (Å²) in [4.78, 5) is 10.7. The summed E-state index contributed by atoms with van der Waals surface area (Å²) in [7, 11) is 1.34. The number of aromatic carboxylic acids is 1. The number of carboxylic acid groups (broad SMARTS) is 1. The Morgan fingerprint density at radius 3 is 2.67 bits per heavy atom. The molecule has 0 spiro atoms. The van der Waals surface area contributed by atoms with Gasteiger partial charge in [-0.25, -0.2) is 4.79 Å². The minimum atomic E-state index is -1.10. The fraction of sp³-hybridized carbons (Fsp3) is 0.300. The molecule has 0 aromatic heterocycles. The summed E-state index contributed by atoms with van der Waals surface area (Å²) in [6, 6.07) is 4.16. The lowest BCUT2D eigenvalue weighted by Gasteiger charge is -2.10. The van der Waals surface area contributed by atoms with Crippen LogP contribution in [0.4, 0.5) is 0 Å². The summed E-state index contributed by atoms with van der Waals surface area (Å²) in [6.07, 6.45) is -1.03. The highest BCUT2D eigenvalue weighted by molar-refractivity contribution is 5.91. The minimum absolute atomic E-state index is 0.0198. The zero-order valence-corrected chi connectivity index (χ0v) is 8.17. The molecule has 0 heterocycles. The number of benzene rings is 1. The first-order chi connectivity index (χ1) is 7.10. The van der Waals surface area contributed by atoms with Crippen LogP contribution in [0.3, 0.4) is 0 Å². The van der Waals surface area contributed by atoms with Gasteiger partial charge in [-0.2, -0.15) is 0 Å². The van der Waals surface area contributed by atoms with Crippen molar-refractivity contribution in [2.24, 2.45) is 0 Å². The van der Waals surface area contributed by atoms with Gasteiger partial charge in [0.15, 0.2) is 0 Å². The zero-order valence-electron chi connectivity index (χ0n) is 8.17. The Kier molecular flexibility index (Phi) is 3.65. The largest absolute Gasteiger partial charge is 0.496 e. The number of aliphatic hydroxyl groups is 2. The molecule has 82 valence electrons. The van der Waals surface area contributed by atoms with Gasteiger partial charge in [0, 0.05) is 0 Å². The van der Waals surface area contributed by atoms with Crippen LogP contribution >= 0.6 is 0 Å². The van der Waals surface area contributed by atoms with Gasteiger partial charge in [0.05, 0.1) is 13.7 Å². The second-order valence-electron chi connectivity index (χ2n) is 2.96. The molecule has 15 heavy (non-hydrogen) atoms. The lowest BCUT2D eigenvalue weighted by atomic mass is 10.1. The van der Waals surface area contributed by atoms with Crippen LogP contribution in [0.25, 0.3) is 0 Å². The van der Waals surface area contributed by atoms with E-state index in [1.165, 1.54) is 25.3 Å². The maximum absolute atomic E-state index is 10.7. The summed E-state index contributed by atoms with van der Waals surface area (Å²) < 4.78 is 4.87. The van der Waals surface area contributed by atoms with E-state index < -0.39 is 18.7 Å². The van der Waals surface area contributed by atoms with Crippen LogP contribution in [0.2, 0.25) is 0 Å². The Balaban J connectivity index is 3.13.